The van der Waals surface area contributed by atoms with Crippen LogP contribution in [-0.4, -0.2) is 33.9 Å². The van der Waals surface area contributed by atoms with Crippen molar-refractivity contribution < 1.29 is 29.1 Å². The first-order valence-electron chi connectivity index (χ1n) is 5.45. The van der Waals surface area contributed by atoms with Crippen LogP contribution in [0.3, 0.4) is 0 Å². The Morgan fingerprint density at radius 3 is 2.63 bits per heavy atom. The zero-order chi connectivity index (χ0) is 14.6. The van der Waals surface area contributed by atoms with Crippen molar-refractivity contribution in [2.45, 2.75) is 32.0 Å². The van der Waals surface area contributed by atoms with Crippen LogP contribution in [0.25, 0.3) is 0 Å². The van der Waals surface area contributed by atoms with Gasteiger partial charge in [-0.05, 0) is 12.5 Å². The number of hydrogen-bond donors (Lipinski definition) is 1. The second kappa shape index (κ2) is 5.51. The van der Waals surface area contributed by atoms with Crippen LogP contribution in [0.5, 0.6) is 0 Å². The van der Waals surface area contributed by atoms with Crippen LogP contribution in [0.2, 0.25) is 0 Å². The molecule has 0 saturated carbocycles. The van der Waals surface area contributed by atoms with Crippen molar-refractivity contribution in [3.63, 3.8) is 0 Å². The Labute approximate surface area is 108 Å². The van der Waals surface area contributed by atoms with Crippen LogP contribution < -0.4 is 0 Å². The molecule has 0 bridgehead atoms. The average Bonchev–Trinajstić information content (AvgIpc) is 2.29. The van der Waals surface area contributed by atoms with Gasteiger partial charge < -0.3 is 14.6 Å². The van der Waals surface area contributed by atoms with Gasteiger partial charge >= 0.3 is 12.1 Å². The lowest BCUT2D eigenvalue weighted by Gasteiger charge is -2.34. The standard InChI is InChI=1S/C11H13NO7/c1-3-11(19-10(14)15)5-4-8(12(16)17)6-9(11)18-7(2)13/h4-6,9H,3H2,1-2H3,(H,14,15). The Morgan fingerprint density at radius 2 is 2.21 bits per heavy atom. The van der Waals surface area contributed by atoms with Gasteiger partial charge in [0.25, 0.3) is 5.70 Å². The van der Waals surface area contributed by atoms with Crippen LogP contribution in [0, 0.1) is 10.1 Å². The van der Waals surface area contributed by atoms with Crippen LogP contribution in [-0.2, 0) is 14.3 Å². The Kier molecular flexibility index (Phi) is 4.26. The van der Waals surface area contributed by atoms with Gasteiger partial charge in [0.15, 0.2) is 11.7 Å². The molecule has 1 aliphatic rings. The number of carboxylic acid groups (broad SMARTS) is 1. The summed E-state index contributed by atoms with van der Waals surface area (Å²) in [5.41, 5.74) is -1.74. The van der Waals surface area contributed by atoms with Crippen molar-refractivity contribution in [1.82, 2.24) is 0 Å². The van der Waals surface area contributed by atoms with Crippen molar-refractivity contribution in [2.24, 2.45) is 0 Å². The van der Waals surface area contributed by atoms with Gasteiger partial charge in [-0.15, -0.1) is 0 Å². The van der Waals surface area contributed by atoms with E-state index in [1.807, 2.05) is 0 Å². The SMILES string of the molecule is CCC1(OC(=O)O)C=CC([N+](=O)[O-])=CC1OC(C)=O. The first kappa shape index (κ1) is 14.7. The van der Waals surface area contributed by atoms with E-state index in [1.54, 1.807) is 6.92 Å². The van der Waals surface area contributed by atoms with E-state index >= 15 is 0 Å². The fraction of sp³-hybridized carbons (Fsp3) is 0.455. The second-order valence-electron chi connectivity index (χ2n) is 3.89. The number of hydrogen-bond acceptors (Lipinski definition) is 6. The molecule has 0 aliphatic heterocycles. The largest absolute Gasteiger partial charge is 0.506 e. The normalized spacial score (nSPS) is 25.4. The van der Waals surface area contributed by atoms with E-state index in [2.05, 4.69) is 0 Å². The number of nitrogens with zero attached hydrogens (tertiary/aromatic N) is 1. The molecule has 104 valence electrons. The summed E-state index contributed by atoms with van der Waals surface area (Å²) in [5, 5.41) is 19.4. The fourth-order valence-electron chi connectivity index (χ4n) is 1.75. The predicted molar refractivity (Wildman–Crippen MR) is 61.9 cm³/mol. The highest BCUT2D eigenvalue weighted by atomic mass is 16.7. The summed E-state index contributed by atoms with van der Waals surface area (Å²) < 4.78 is 9.67. The van der Waals surface area contributed by atoms with E-state index in [4.69, 9.17) is 14.6 Å². The van der Waals surface area contributed by atoms with Gasteiger partial charge in [-0.25, -0.2) is 4.79 Å². The smallest absolute Gasteiger partial charge is 0.453 e. The number of allylic oxidation sites excluding steroid dienone is 1. The molecular formula is C11H13NO7. The highest BCUT2D eigenvalue weighted by molar-refractivity contribution is 5.67. The third-order valence-electron chi connectivity index (χ3n) is 2.67. The molecule has 0 fully saturated rings. The van der Waals surface area contributed by atoms with Crippen molar-refractivity contribution in [2.75, 3.05) is 0 Å². The van der Waals surface area contributed by atoms with Gasteiger partial charge in [0.1, 0.15) is 0 Å². The van der Waals surface area contributed by atoms with Crippen molar-refractivity contribution in [3.8, 4) is 0 Å². The second-order valence-corrected chi connectivity index (χ2v) is 3.89. The quantitative estimate of drug-likeness (QED) is 0.467. The fourth-order valence-corrected chi connectivity index (χ4v) is 1.75. The number of nitro groups is 1. The number of esters is 1. The number of carbonyl (C=O) groups excluding carboxylic acids is 1. The number of carbonyl (C=O) groups is 2. The molecule has 2 unspecified atom stereocenters. The van der Waals surface area contributed by atoms with Crippen molar-refractivity contribution in [1.29, 1.82) is 0 Å². The lowest BCUT2D eigenvalue weighted by atomic mass is 9.88. The molecule has 0 aromatic carbocycles. The summed E-state index contributed by atoms with van der Waals surface area (Å²) in [6.45, 7) is 2.74. The minimum Gasteiger partial charge on any atom is -0.453 e. The first-order valence-corrected chi connectivity index (χ1v) is 5.45. The Balaban J connectivity index is 3.15. The minimum atomic E-state index is -1.55. The van der Waals surface area contributed by atoms with E-state index < -0.39 is 28.8 Å². The number of ether oxygens (including phenoxy) is 2. The van der Waals surface area contributed by atoms with E-state index in [1.165, 1.54) is 6.08 Å². The summed E-state index contributed by atoms with van der Waals surface area (Å²) in [6, 6.07) is 0. The highest BCUT2D eigenvalue weighted by Gasteiger charge is 2.44. The molecule has 8 nitrogen and oxygen atoms in total. The van der Waals surface area contributed by atoms with Crippen LogP contribution in [0.4, 0.5) is 4.79 Å². The van der Waals surface area contributed by atoms with Crippen LogP contribution in [0.1, 0.15) is 20.3 Å². The van der Waals surface area contributed by atoms with Crippen LogP contribution >= 0.6 is 0 Å². The maximum atomic E-state index is 11.0. The minimum absolute atomic E-state index is 0.162. The zero-order valence-electron chi connectivity index (χ0n) is 10.4. The van der Waals surface area contributed by atoms with E-state index in [-0.39, 0.29) is 12.1 Å². The Hall–Kier alpha value is -2.38. The van der Waals surface area contributed by atoms with Gasteiger partial charge in [0.2, 0.25) is 0 Å². The summed E-state index contributed by atoms with van der Waals surface area (Å²) in [4.78, 5) is 31.8. The number of rotatable bonds is 4. The maximum absolute atomic E-state index is 11.0. The van der Waals surface area contributed by atoms with Gasteiger partial charge in [0, 0.05) is 19.1 Å². The van der Waals surface area contributed by atoms with E-state index in [9.17, 15) is 19.7 Å². The molecule has 0 saturated heterocycles. The highest BCUT2D eigenvalue weighted by Crippen LogP contribution is 2.31. The lowest BCUT2D eigenvalue weighted by Crippen LogP contribution is -2.47. The molecule has 0 spiro atoms. The first-order chi connectivity index (χ1) is 8.80. The molecule has 2 atom stereocenters. The van der Waals surface area contributed by atoms with Crippen molar-refractivity contribution in [3.05, 3.63) is 34.0 Å². The molecule has 1 rings (SSSR count). The van der Waals surface area contributed by atoms with Gasteiger partial charge in [-0.1, -0.05) is 6.92 Å². The summed E-state index contributed by atoms with van der Waals surface area (Å²) in [6.07, 6.45) is 0.862. The van der Waals surface area contributed by atoms with Gasteiger partial charge in [-0.3, -0.25) is 14.9 Å². The van der Waals surface area contributed by atoms with Gasteiger partial charge in [-0.2, -0.15) is 0 Å². The van der Waals surface area contributed by atoms with E-state index in [0.29, 0.717) is 0 Å². The third kappa shape index (κ3) is 3.30. The molecule has 8 heteroatoms. The summed E-state index contributed by atoms with van der Waals surface area (Å²) >= 11 is 0. The third-order valence-corrected chi connectivity index (χ3v) is 2.67. The molecule has 0 radical (unpaired) electrons. The van der Waals surface area contributed by atoms with Gasteiger partial charge in [0.05, 0.1) is 4.92 Å². The average molecular weight is 271 g/mol. The van der Waals surface area contributed by atoms with Crippen molar-refractivity contribution >= 4 is 12.1 Å². The Morgan fingerprint density at radius 1 is 1.58 bits per heavy atom. The maximum Gasteiger partial charge on any atom is 0.506 e. The molecule has 1 N–H and O–H groups in total. The molecule has 1 aliphatic carbocycles. The summed E-state index contributed by atoms with van der Waals surface area (Å²) in [7, 11) is 0. The molecule has 0 aromatic heterocycles. The monoisotopic (exact) mass is 271 g/mol. The summed E-state index contributed by atoms with van der Waals surface area (Å²) in [5.74, 6) is -0.689. The molecule has 0 heterocycles. The van der Waals surface area contributed by atoms with Crippen LogP contribution in [0.15, 0.2) is 23.9 Å². The predicted octanol–water partition coefficient (Wildman–Crippen LogP) is 1.49. The molecule has 0 amide bonds. The molecular weight excluding hydrogens is 258 g/mol. The Bertz CT molecular complexity index is 468. The molecule has 0 aromatic rings. The zero-order valence-corrected chi connectivity index (χ0v) is 10.4. The van der Waals surface area contributed by atoms with E-state index in [0.717, 1.165) is 19.1 Å². The molecule has 19 heavy (non-hydrogen) atoms. The lowest BCUT2D eigenvalue weighted by molar-refractivity contribution is -0.420. The topological polar surface area (TPSA) is 116 Å².